The lowest BCUT2D eigenvalue weighted by molar-refractivity contribution is 0.282. The molecule has 1 heterocycles. The minimum absolute atomic E-state index is 0.385. The van der Waals surface area contributed by atoms with E-state index in [-0.39, 0.29) is 0 Å². The highest BCUT2D eigenvalue weighted by Crippen LogP contribution is 2.34. The first-order valence-electron chi connectivity index (χ1n) is 9.80. The molecule has 0 aliphatic heterocycles. The van der Waals surface area contributed by atoms with Crippen LogP contribution in [0.3, 0.4) is 0 Å². The summed E-state index contributed by atoms with van der Waals surface area (Å²) in [4.78, 5) is 27.6. The number of rotatable bonds is 6. The Hall–Kier alpha value is -3.40. The molecule has 3 aromatic carbocycles. The molecular formula is C24H20IN3O4. The summed E-state index contributed by atoms with van der Waals surface area (Å²) in [5.74, 6) is 1.15. The number of nitrogens with zero attached hydrogens (tertiary/aromatic N) is 2. The normalized spacial score (nSPS) is 11.2. The summed E-state index contributed by atoms with van der Waals surface area (Å²) >= 11 is 2.16. The SMILES string of the molecule is COc1cc(C=Nn2c(=O)[nH]c3ccccc3c2=O)cc(I)c1OCc1cccc(C)c1. The molecule has 4 aromatic rings. The van der Waals surface area contributed by atoms with Crippen LogP contribution in [0.15, 0.2) is 75.4 Å². The molecule has 32 heavy (non-hydrogen) atoms. The van der Waals surface area contributed by atoms with E-state index in [1.165, 1.54) is 11.8 Å². The third kappa shape index (κ3) is 4.59. The zero-order valence-electron chi connectivity index (χ0n) is 17.5. The van der Waals surface area contributed by atoms with Crippen LogP contribution >= 0.6 is 22.6 Å². The van der Waals surface area contributed by atoms with Crippen LogP contribution in [0.5, 0.6) is 11.5 Å². The van der Waals surface area contributed by atoms with Crippen LogP contribution in [0.2, 0.25) is 0 Å². The van der Waals surface area contributed by atoms with Gasteiger partial charge in [-0.3, -0.25) is 4.79 Å². The van der Waals surface area contributed by atoms with Gasteiger partial charge < -0.3 is 14.5 Å². The Balaban J connectivity index is 1.63. The molecule has 0 amide bonds. The van der Waals surface area contributed by atoms with Gasteiger partial charge in [0.15, 0.2) is 11.5 Å². The lowest BCUT2D eigenvalue weighted by Gasteiger charge is -2.14. The van der Waals surface area contributed by atoms with Crippen molar-refractivity contribution in [2.45, 2.75) is 13.5 Å². The van der Waals surface area contributed by atoms with Crippen LogP contribution in [-0.4, -0.2) is 23.0 Å². The third-order valence-electron chi connectivity index (χ3n) is 4.82. The lowest BCUT2D eigenvalue weighted by atomic mass is 10.1. The fourth-order valence-electron chi connectivity index (χ4n) is 3.29. The second-order valence-corrected chi connectivity index (χ2v) is 8.31. The first-order chi connectivity index (χ1) is 15.5. The van der Waals surface area contributed by atoms with Gasteiger partial charge in [0.1, 0.15) is 6.61 Å². The van der Waals surface area contributed by atoms with Crippen molar-refractivity contribution in [3.8, 4) is 11.5 Å². The fourth-order valence-corrected chi connectivity index (χ4v) is 4.08. The molecule has 0 bridgehead atoms. The molecule has 1 N–H and O–H groups in total. The summed E-state index contributed by atoms with van der Waals surface area (Å²) in [6.07, 6.45) is 1.44. The summed E-state index contributed by atoms with van der Waals surface area (Å²) in [5.41, 5.74) is 2.26. The van der Waals surface area contributed by atoms with Crippen molar-refractivity contribution >= 4 is 39.7 Å². The first kappa shape index (κ1) is 21.8. The molecular weight excluding hydrogens is 521 g/mol. The zero-order valence-corrected chi connectivity index (χ0v) is 19.6. The Kier molecular flexibility index (Phi) is 6.40. The summed E-state index contributed by atoms with van der Waals surface area (Å²) in [7, 11) is 1.56. The van der Waals surface area contributed by atoms with E-state index in [0.29, 0.717) is 34.6 Å². The lowest BCUT2D eigenvalue weighted by Crippen LogP contribution is -2.32. The highest BCUT2D eigenvalue weighted by molar-refractivity contribution is 14.1. The summed E-state index contributed by atoms with van der Waals surface area (Å²) in [6, 6.07) is 18.5. The number of aryl methyl sites for hydroxylation is 1. The van der Waals surface area contributed by atoms with Crippen LogP contribution in [0.4, 0.5) is 0 Å². The molecule has 0 atom stereocenters. The molecule has 0 saturated carbocycles. The number of hydrogen-bond acceptors (Lipinski definition) is 5. The topological polar surface area (TPSA) is 85.7 Å². The van der Waals surface area contributed by atoms with Crippen molar-refractivity contribution in [2.75, 3.05) is 7.11 Å². The summed E-state index contributed by atoms with van der Waals surface area (Å²) in [5, 5.41) is 4.50. The average Bonchev–Trinajstić information content (AvgIpc) is 2.78. The van der Waals surface area contributed by atoms with Crippen LogP contribution in [0.25, 0.3) is 10.9 Å². The van der Waals surface area contributed by atoms with E-state index < -0.39 is 11.2 Å². The quantitative estimate of drug-likeness (QED) is 0.295. The average molecular weight is 541 g/mol. The minimum Gasteiger partial charge on any atom is -0.493 e. The Labute approximate surface area is 197 Å². The maximum atomic E-state index is 12.6. The molecule has 8 heteroatoms. The van der Waals surface area contributed by atoms with Gasteiger partial charge >= 0.3 is 5.69 Å². The van der Waals surface area contributed by atoms with E-state index in [1.807, 2.05) is 31.2 Å². The first-order valence-corrected chi connectivity index (χ1v) is 10.9. The zero-order chi connectivity index (χ0) is 22.7. The molecule has 0 spiro atoms. The van der Waals surface area contributed by atoms with Crippen LogP contribution in [0, 0.1) is 10.5 Å². The summed E-state index contributed by atoms with van der Waals surface area (Å²) in [6.45, 7) is 2.44. The predicted molar refractivity (Wildman–Crippen MR) is 133 cm³/mol. The van der Waals surface area contributed by atoms with Gasteiger partial charge in [-0.2, -0.15) is 5.10 Å². The Morgan fingerprint density at radius 3 is 2.69 bits per heavy atom. The van der Waals surface area contributed by atoms with E-state index in [9.17, 15) is 9.59 Å². The van der Waals surface area contributed by atoms with Gasteiger partial charge in [-0.1, -0.05) is 42.0 Å². The van der Waals surface area contributed by atoms with Crippen LogP contribution in [0.1, 0.15) is 16.7 Å². The van der Waals surface area contributed by atoms with Gasteiger partial charge in [-0.25, -0.2) is 4.79 Å². The Morgan fingerprint density at radius 1 is 1.09 bits per heavy atom. The molecule has 7 nitrogen and oxygen atoms in total. The van der Waals surface area contributed by atoms with Crippen molar-refractivity contribution in [1.82, 2.24) is 9.66 Å². The van der Waals surface area contributed by atoms with Gasteiger partial charge in [0.25, 0.3) is 5.56 Å². The van der Waals surface area contributed by atoms with Gasteiger partial charge in [0.05, 0.1) is 27.8 Å². The molecule has 162 valence electrons. The van der Waals surface area contributed by atoms with Crippen molar-refractivity contribution in [1.29, 1.82) is 0 Å². The maximum Gasteiger partial charge on any atom is 0.349 e. The number of H-pyrrole nitrogens is 1. The van der Waals surface area contributed by atoms with Crippen molar-refractivity contribution < 1.29 is 9.47 Å². The second-order valence-electron chi connectivity index (χ2n) is 7.15. The number of nitrogens with one attached hydrogen (secondary N) is 1. The van der Waals surface area contributed by atoms with Crippen LogP contribution < -0.4 is 20.7 Å². The van der Waals surface area contributed by atoms with E-state index >= 15 is 0 Å². The summed E-state index contributed by atoms with van der Waals surface area (Å²) < 4.78 is 13.2. The predicted octanol–water partition coefficient (Wildman–Crippen LogP) is 4.07. The van der Waals surface area contributed by atoms with Crippen molar-refractivity contribution in [3.63, 3.8) is 0 Å². The van der Waals surface area contributed by atoms with Gasteiger partial charge in [-0.15, -0.1) is 4.68 Å². The molecule has 0 radical (unpaired) electrons. The van der Waals surface area contributed by atoms with Gasteiger partial charge in [0, 0.05) is 0 Å². The smallest absolute Gasteiger partial charge is 0.349 e. The fraction of sp³-hybridized carbons (Fsp3) is 0.125. The van der Waals surface area contributed by atoms with E-state index in [4.69, 9.17) is 9.47 Å². The van der Waals surface area contributed by atoms with Crippen LogP contribution in [-0.2, 0) is 6.61 Å². The molecule has 1 aromatic heterocycles. The number of aromatic amines is 1. The van der Waals surface area contributed by atoms with E-state index in [1.54, 1.807) is 37.4 Å². The highest BCUT2D eigenvalue weighted by Gasteiger charge is 2.12. The largest absolute Gasteiger partial charge is 0.493 e. The van der Waals surface area contributed by atoms with Gasteiger partial charge in [-0.05, 0) is 64.9 Å². The number of fused-ring (bicyclic) bond motifs is 1. The minimum atomic E-state index is -0.607. The number of halogens is 1. The number of ether oxygens (including phenoxy) is 2. The molecule has 0 unspecified atom stereocenters. The molecule has 0 aliphatic rings. The Morgan fingerprint density at radius 2 is 1.91 bits per heavy atom. The molecule has 4 rings (SSSR count). The van der Waals surface area contributed by atoms with E-state index in [0.717, 1.165) is 13.8 Å². The number of aromatic nitrogens is 2. The number of methoxy groups -OCH3 is 1. The Bertz CT molecular complexity index is 1440. The van der Waals surface area contributed by atoms with E-state index in [2.05, 4.69) is 38.7 Å². The van der Waals surface area contributed by atoms with Crippen molar-refractivity contribution in [3.05, 3.63) is 102 Å². The number of benzene rings is 3. The highest BCUT2D eigenvalue weighted by atomic mass is 127. The monoisotopic (exact) mass is 541 g/mol. The number of para-hydroxylation sites is 1. The number of hydrogen-bond donors (Lipinski definition) is 1. The standard InChI is InChI=1S/C24H20IN3O4/c1-15-6-5-7-16(10-15)14-32-22-19(25)11-17(12-21(22)31-2)13-26-28-23(29)18-8-3-4-9-20(18)27-24(28)30/h3-13H,14H2,1-2H3,(H,27,30). The molecule has 0 aliphatic carbocycles. The third-order valence-corrected chi connectivity index (χ3v) is 5.62. The van der Waals surface area contributed by atoms with Crippen molar-refractivity contribution in [2.24, 2.45) is 5.10 Å². The second kappa shape index (κ2) is 9.39. The molecule has 0 fully saturated rings. The maximum absolute atomic E-state index is 12.6. The molecule has 0 saturated heterocycles. The van der Waals surface area contributed by atoms with Gasteiger partial charge in [0.2, 0.25) is 0 Å².